The SMILES string of the molecule is COc1cc(OCC(=O)Nc2ccc(Cl)cc2)ccc1C=NNC(=O)c1ccc(O)c(Cl)c1. The van der Waals surface area contributed by atoms with Gasteiger partial charge in [-0.3, -0.25) is 9.59 Å². The summed E-state index contributed by atoms with van der Waals surface area (Å²) in [7, 11) is 1.47. The quantitative estimate of drug-likeness (QED) is 0.320. The number of hydrogen-bond donors (Lipinski definition) is 3. The summed E-state index contributed by atoms with van der Waals surface area (Å²) in [5, 5.41) is 16.7. The van der Waals surface area contributed by atoms with Crippen molar-refractivity contribution >= 4 is 46.9 Å². The first-order valence-electron chi connectivity index (χ1n) is 9.54. The van der Waals surface area contributed by atoms with Crippen LogP contribution in [-0.4, -0.2) is 36.9 Å². The second kappa shape index (κ2) is 11.2. The Labute approximate surface area is 199 Å². The van der Waals surface area contributed by atoms with Crippen LogP contribution in [0.3, 0.4) is 0 Å². The number of benzene rings is 3. The lowest BCUT2D eigenvalue weighted by molar-refractivity contribution is -0.118. The summed E-state index contributed by atoms with van der Waals surface area (Å²) < 4.78 is 10.8. The minimum Gasteiger partial charge on any atom is -0.506 e. The Kier molecular flexibility index (Phi) is 8.12. The molecular formula is C23H19Cl2N3O5. The van der Waals surface area contributed by atoms with Crippen LogP contribution >= 0.6 is 23.2 Å². The van der Waals surface area contributed by atoms with E-state index in [4.69, 9.17) is 32.7 Å². The molecule has 170 valence electrons. The van der Waals surface area contributed by atoms with E-state index in [1.807, 2.05) is 0 Å². The number of ether oxygens (including phenoxy) is 2. The number of carbonyl (C=O) groups is 2. The molecule has 0 aromatic heterocycles. The summed E-state index contributed by atoms with van der Waals surface area (Å²) in [4.78, 5) is 24.2. The van der Waals surface area contributed by atoms with Crippen molar-refractivity contribution in [2.45, 2.75) is 0 Å². The van der Waals surface area contributed by atoms with E-state index in [1.165, 1.54) is 31.5 Å². The molecular weight excluding hydrogens is 469 g/mol. The van der Waals surface area contributed by atoms with Gasteiger partial charge in [0.25, 0.3) is 11.8 Å². The molecule has 0 aliphatic carbocycles. The normalized spacial score (nSPS) is 10.6. The number of anilines is 1. The number of hydrogen-bond acceptors (Lipinski definition) is 6. The van der Waals surface area contributed by atoms with Crippen molar-refractivity contribution in [3.8, 4) is 17.2 Å². The molecule has 3 aromatic carbocycles. The molecule has 3 aromatic rings. The Morgan fingerprint density at radius 3 is 2.52 bits per heavy atom. The topological polar surface area (TPSA) is 109 Å². The van der Waals surface area contributed by atoms with Crippen molar-refractivity contribution in [2.24, 2.45) is 5.10 Å². The summed E-state index contributed by atoms with van der Waals surface area (Å²) in [5.74, 6) is -0.113. The van der Waals surface area contributed by atoms with Crippen LogP contribution in [-0.2, 0) is 4.79 Å². The maximum Gasteiger partial charge on any atom is 0.271 e. The van der Waals surface area contributed by atoms with Gasteiger partial charge in [-0.05, 0) is 54.6 Å². The first kappa shape index (κ1) is 23.9. The van der Waals surface area contributed by atoms with Crippen LogP contribution < -0.4 is 20.2 Å². The first-order valence-corrected chi connectivity index (χ1v) is 10.3. The van der Waals surface area contributed by atoms with Gasteiger partial charge in [0.1, 0.15) is 17.2 Å². The molecule has 0 fully saturated rings. The minimum absolute atomic E-state index is 0.0609. The number of amides is 2. The third kappa shape index (κ3) is 6.86. The van der Waals surface area contributed by atoms with Gasteiger partial charge in [-0.1, -0.05) is 23.2 Å². The number of methoxy groups -OCH3 is 1. The smallest absolute Gasteiger partial charge is 0.271 e. The number of rotatable bonds is 8. The lowest BCUT2D eigenvalue weighted by Gasteiger charge is -2.10. The van der Waals surface area contributed by atoms with Crippen molar-refractivity contribution < 1.29 is 24.2 Å². The van der Waals surface area contributed by atoms with Crippen LogP contribution in [0.4, 0.5) is 5.69 Å². The van der Waals surface area contributed by atoms with Crippen LogP contribution in [0.5, 0.6) is 17.2 Å². The van der Waals surface area contributed by atoms with Gasteiger partial charge in [0.15, 0.2) is 6.61 Å². The van der Waals surface area contributed by atoms with Crippen molar-refractivity contribution in [1.82, 2.24) is 5.43 Å². The highest BCUT2D eigenvalue weighted by molar-refractivity contribution is 6.32. The monoisotopic (exact) mass is 487 g/mol. The van der Waals surface area contributed by atoms with Gasteiger partial charge < -0.3 is 19.9 Å². The van der Waals surface area contributed by atoms with Crippen molar-refractivity contribution in [3.05, 3.63) is 81.8 Å². The fourth-order valence-corrected chi connectivity index (χ4v) is 2.95. The number of nitrogens with zero attached hydrogens (tertiary/aromatic N) is 1. The maximum absolute atomic E-state index is 12.1. The molecule has 0 spiro atoms. The van der Waals surface area contributed by atoms with E-state index < -0.39 is 5.91 Å². The second-order valence-corrected chi connectivity index (χ2v) is 7.46. The average molecular weight is 488 g/mol. The van der Waals surface area contributed by atoms with Crippen LogP contribution in [0.2, 0.25) is 10.0 Å². The van der Waals surface area contributed by atoms with E-state index in [1.54, 1.807) is 42.5 Å². The van der Waals surface area contributed by atoms with Crippen LogP contribution in [0.25, 0.3) is 0 Å². The molecule has 0 aliphatic heterocycles. The molecule has 0 bridgehead atoms. The van der Waals surface area contributed by atoms with Crippen LogP contribution in [0, 0.1) is 0 Å². The van der Waals surface area contributed by atoms with Gasteiger partial charge in [0.05, 0.1) is 18.3 Å². The lowest BCUT2D eigenvalue weighted by Crippen LogP contribution is -2.20. The highest BCUT2D eigenvalue weighted by Gasteiger charge is 2.09. The number of nitrogens with one attached hydrogen (secondary N) is 2. The number of aromatic hydroxyl groups is 1. The molecule has 0 heterocycles. The molecule has 3 N–H and O–H groups in total. The van der Waals surface area contributed by atoms with E-state index in [0.29, 0.717) is 27.8 Å². The van der Waals surface area contributed by atoms with Gasteiger partial charge in [0, 0.05) is 27.9 Å². The lowest BCUT2D eigenvalue weighted by atomic mass is 10.2. The number of carbonyl (C=O) groups excluding carboxylic acids is 2. The minimum atomic E-state index is -0.501. The van der Waals surface area contributed by atoms with Gasteiger partial charge >= 0.3 is 0 Å². The van der Waals surface area contributed by atoms with Crippen molar-refractivity contribution in [1.29, 1.82) is 0 Å². The summed E-state index contributed by atoms with van der Waals surface area (Å²) in [6.07, 6.45) is 1.40. The third-order valence-corrected chi connectivity index (χ3v) is 4.84. The average Bonchev–Trinajstić information content (AvgIpc) is 2.81. The van der Waals surface area contributed by atoms with Crippen molar-refractivity contribution in [3.63, 3.8) is 0 Å². The standard InChI is InChI=1S/C23H19Cl2N3O5/c1-32-21-11-18(33-13-22(30)27-17-6-4-16(24)5-7-17)8-2-15(21)12-26-28-23(31)14-3-9-20(29)19(25)10-14/h2-12,29H,13H2,1H3,(H,27,30)(H,28,31). The fraction of sp³-hybridized carbons (Fsp3) is 0.0870. The first-order chi connectivity index (χ1) is 15.9. The largest absolute Gasteiger partial charge is 0.506 e. The maximum atomic E-state index is 12.1. The van der Waals surface area contributed by atoms with Crippen molar-refractivity contribution in [2.75, 3.05) is 19.0 Å². The molecule has 33 heavy (non-hydrogen) atoms. The van der Waals surface area contributed by atoms with E-state index in [2.05, 4.69) is 15.8 Å². The molecule has 0 saturated carbocycles. The number of phenols is 1. The van der Waals surface area contributed by atoms with Crippen LogP contribution in [0.15, 0.2) is 65.8 Å². The zero-order valence-corrected chi connectivity index (χ0v) is 18.9. The van der Waals surface area contributed by atoms with E-state index in [0.717, 1.165) is 0 Å². The zero-order chi connectivity index (χ0) is 23.8. The fourth-order valence-electron chi connectivity index (χ4n) is 2.64. The number of halogens is 2. The highest BCUT2D eigenvalue weighted by Crippen LogP contribution is 2.24. The third-order valence-electron chi connectivity index (χ3n) is 4.28. The van der Waals surface area contributed by atoms with Gasteiger partial charge in [-0.25, -0.2) is 5.43 Å². The molecule has 3 rings (SSSR count). The molecule has 0 aliphatic rings. The summed E-state index contributed by atoms with van der Waals surface area (Å²) in [5.41, 5.74) is 3.78. The number of hydrazone groups is 1. The molecule has 8 nitrogen and oxygen atoms in total. The Bertz CT molecular complexity index is 1180. The Morgan fingerprint density at radius 1 is 1.06 bits per heavy atom. The van der Waals surface area contributed by atoms with E-state index >= 15 is 0 Å². The summed E-state index contributed by atoms with van der Waals surface area (Å²) >= 11 is 11.6. The Morgan fingerprint density at radius 2 is 1.82 bits per heavy atom. The van der Waals surface area contributed by atoms with Gasteiger partial charge in [-0.2, -0.15) is 5.10 Å². The van der Waals surface area contributed by atoms with Gasteiger partial charge in [-0.15, -0.1) is 0 Å². The van der Waals surface area contributed by atoms with Crippen LogP contribution in [0.1, 0.15) is 15.9 Å². The predicted molar refractivity (Wildman–Crippen MR) is 127 cm³/mol. The second-order valence-electron chi connectivity index (χ2n) is 6.61. The highest BCUT2D eigenvalue weighted by atomic mass is 35.5. The molecule has 0 saturated heterocycles. The summed E-state index contributed by atoms with van der Waals surface area (Å²) in [6, 6.07) is 15.7. The Hall–Kier alpha value is -3.75. The predicted octanol–water partition coefficient (Wildman–Crippen LogP) is 4.49. The zero-order valence-electron chi connectivity index (χ0n) is 17.3. The van der Waals surface area contributed by atoms with E-state index in [-0.39, 0.29) is 28.8 Å². The number of phenolic OH excluding ortho intramolecular Hbond substituents is 1. The molecule has 0 unspecified atom stereocenters. The molecule has 0 radical (unpaired) electrons. The summed E-state index contributed by atoms with van der Waals surface area (Å²) in [6.45, 7) is -0.204. The molecule has 2 amide bonds. The Balaban J connectivity index is 1.57. The molecule has 10 heteroatoms. The molecule has 0 atom stereocenters. The van der Waals surface area contributed by atoms with E-state index in [9.17, 15) is 14.7 Å². The van der Waals surface area contributed by atoms with Gasteiger partial charge in [0.2, 0.25) is 0 Å².